The van der Waals surface area contributed by atoms with E-state index in [4.69, 9.17) is 4.79 Å². The predicted octanol–water partition coefficient (Wildman–Crippen LogP) is 1.23. The first-order valence-electron chi connectivity index (χ1n) is 2.60. The number of rotatable bonds is 0. The van der Waals surface area contributed by atoms with Crippen LogP contribution in [-0.4, -0.2) is 15.9 Å². The molecule has 0 unspecified atom stereocenters. The van der Waals surface area contributed by atoms with E-state index in [9.17, 15) is 0 Å². The first-order valence-corrected chi connectivity index (χ1v) is 3.69. The largest absolute Gasteiger partial charge is 0.291 e. The fourth-order valence-corrected chi connectivity index (χ4v) is 0.816. The zero-order valence-electron chi connectivity index (χ0n) is 4.63. The topological polar surface area (TPSA) is 17.1 Å². The van der Waals surface area contributed by atoms with Crippen LogP contribution in [-0.2, 0) is 4.79 Å². The summed E-state index contributed by atoms with van der Waals surface area (Å²) in [4.78, 5) is 8.67. The van der Waals surface area contributed by atoms with E-state index in [0.29, 0.717) is 5.62 Å². The fourth-order valence-electron chi connectivity index (χ4n) is 0.408. The molecule has 3 heteroatoms. The summed E-state index contributed by atoms with van der Waals surface area (Å²) in [6.45, 7) is 0. The van der Waals surface area contributed by atoms with Crippen molar-refractivity contribution in [3.63, 3.8) is 0 Å². The second-order valence-electron chi connectivity index (χ2n) is 1.73. The third-order valence-electron chi connectivity index (χ3n) is 1.11. The maximum atomic E-state index is 8.67. The van der Waals surface area contributed by atoms with Gasteiger partial charge in [-0.15, -0.1) is 12.6 Å². The molecule has 1 fully saturated rings. The molecule has 0 aliphatic heterocycles. The molecule has 1 aliphatic carbocycles. The van der Waals surface area contributed by atoms with E-state index in [2.05, 4.69) is 22.9 Å². The predicted molar refractivity (Wildman–Crippen MR) is 39.1 cm³/mol. The molecule has 0 saturated heterocycles. The molecule has 45 valence electrons. The normalized spacial score (nSPS) is 17.8. The summed E-state index contributed by atoms with van der Waals surface area (Å²) in [5.74, 6) is 0. The van der Waals surface area contributed by atoms with Crippen LogP contribution in [0.3, 0.4) is 0 Å². The van der Waals surface area contributed by atoms with Crippen LogP contribution in [0, 0.1) is 0 Å². The number of carbonyl (C=O) groups excluding carboxylic acids is 1. The Morgan fingerprint density at radius 1 is 1.62 bits per heavy atom. The van der Waals surface area contributed by atoms with E-state index in [-0.39, 0.29) is 0 Å². The first kappa shape index (κ1) is 8.24. The van der Waals surface area contributed by atoms with Gasteiger partial charge in [-0.1, -0.05) is 24.8 Å². The molecule has 0 atom stereocenters. The van der Waals surface area contributed by atoms with Gasteiger partial charge in [0, 0.05) is 10.2 Å². The van der Waals surface area contributed by atoms with Gasteiger partial charge in [0.05, 0.1) is 0 Å². The summed E-state index contributed by atoms with van der Waals surface area (Å²) in [5.41, 5.74) is 1.31. The van der Waals surface area contributed by atoms with Crippen LogP contribution < -0.4 is 0 Å². The van der Waals surface area contributed by atoms with Crippen molar-refractivity contribution < 1.29 is 4.79 Å². The second-order valence-corrected chi connectivity index (χ2v) is 2.76. The average molecular weight is 145 g/mol. The zero-order valence-corrected chi connectivity index (χ0v) is 6.53. The van der Waals surface area contributed by atoms with Crippen LogP contribution in [0.5, 0.6) is 0 Å². The lowest BCUT2D eigenvalue weighted by atomic mass is 10.00. The second kappa shape index (κ2) is 5.38. The molecule has 1 rings (SSSR count). The van der Waals surface area contributed by atoms with Gasteiger partial charge in [-0.05, 0) is 0 Å². The van der Waals surface area contributed by atoms with E-state index in [1.807, 2.05) is 0 Å². The third-order valence-corrected chi connectivity index (χ3v) is 1.68. The molecule has 3 radical (unpaired) electrons. The van der Waals surface area contributed by atoms with Gasteiger partial charge in [0.2, 0.25) is 0 Å². The van der Waals surface area contributed by atoms with Crippen molar-refractivity contribution in [3.8, 4) is 0 Å². The van der Waals surface area contributed by atoms with Crippen molar-refractivity contribution in [1.82, 2.24) is 0 Å². The molecule has 0 N–H and O–H groups in total. The average Bonchev–Trinajstić information content (AvgIpc) is 1.64. The van der Waals surface area contributed by atoms with Crippen LogP contribution in [0.15, 0.2) is 0 Å². The van der Waals surface area contributed by atoms with Crippen molar-refractivity contribution in [2.45, 2.75) is 24.8 Å². The summed E-state index contributed by atoms with van der Waals surface area (Å²) < 4.78 is 0. The van der Waals surface area contributed by atoms with E-state index in [1.54, 1.807) is 0 Å². The molecule has 0 heterocycles. The zero-order chi connectivity index (χ0) is 6.41. The molecule has 0 spiro atoms. The minimum atomic E-state index is 0.444. The van der Waals surface area contributed by atoms with Gasteiger partial charge in [0.15, 0.2) is 5.62 Å². The molecule has 0 aromatic rings. The summed E-state index contributed by atoms with van der Waals surface area (Å²) in [7, 11) is 3.50. The lowest BCUT2D eigenvalue weighted by Crippen LogP contribution is -2.02. The van der Waals surface area contributed by atoms with Gasteiger partial charge in [0.1, 0.15) is 0 Å². The number of hydrogen-bond donors (Lipinski definition) is 1. The molecule has 0 aromatic carbocycles. The van der Waals surface area contributed by atoms with Gasteiger partial charge in [-0.25, -0.2) is 0 Å². The lowest BCUT2D eigenvalue weighted by molar-refractivity contribution is 0.504. The third kappa shape index (κ3) is 4.40. The summed E-state index contributed by atoms with van der Waals surface area (Å²) >= 11 is 3.11. The Kier molecular flexibility index (Phi) is 5.53. The van der Waals surface area contributed by atoms with E-state index < -0.39 is 0 Å². The minimum absolute atomic E-state index is 0.444. The van der Waals surface area contributed by atoms with E-state index in [0.717, 1.165) is 5.54 Å². The highest BCUT2D eigenvalue weighted by molar-refractivity contribution is 7.94. The quantitative estimate of drug-likeness (QED) is 0.308. The number of carbonyl (C=O) groups is 1. The molecule has 0 aromatic heterocycles. The molecule has 0 amide bonds. The summed E-state index contributed by atoms with van der Waals surface area (Å²) in [5, 5.41) is 0. The SMILES string of the molecule is O=CS.[Si]C1CCC1. The highest BCUT2D eigenvalue weighted by Gasteiger charge is 2.09. The van der Waals surface area contributed by atoms with Crippen LogP contribution in [0.25, 0.3) is 0 Å². The number of thiol groups is 1. The minimum Gasteiger partial charge on any atom is -0.291 e. The Labute approximate surface area is 58.7 Å². The molecule has 1 saturated carbocycles. The smallest absolute Gasteiger partial charge is 0.173 e. The fraction of sp³-hybridized carbons (Fsp3) is 0.800. The molecule has 0 bridgehead atoms. The van der Waals surface area contributed by atoms with Crippen LogP contribution in [0.4, 0.5) is 0 Å². The van der Waals surface area contributed by atoms with Crippen molar-refractivity contribution in [1.29, 1.82) is 0 Å². The van der Waals surface area contributed by atoms with E-state index in [1.165, 1.54) is 19.3 Å². The molecular weight excluding hydrogens is 136 g/mol. The van der Waals surface area contributed by atoms with Gasteiger partial charge in [-0.3, -0.25) is 4.79 Å². The van der Waals surface area contributed by atoms with Crippen molar-refractivity contribution in [2.24, 2.45) is 0 Å². The summed E-state index contributed by atoms with van der Waals surface area (Å²) in [6.07, 6.45) is 4.24. The Bertz CT molecular complexity index is 63.4. The van der Waals surface area contributed by atoms with Gasteiger partial charge < -0.3 is 0 Å². The molecule has 1 nitrogen and oxygen atoms in total. The standard InChI is InChI=1S/C4H7Si.CH2OS/c5-4-2-1-3-4;2-1-3/h4H,1-3H2;1H,(H,2,3). The Balaban J connectivity index is 0.000000145. The van der Waals surface area contributed by atoms with Crippen LogP contribution in [0.1, 0.15) is 19.3 Å². The van der Waals surface area contributed by atoms with Crippen LogP contribution >= 0.6 is 12.6 Å². The van der Waals surface area contributed by atoms with E-state index >= 15 is 0 Å². The number of hydrogen-bond acceptors (Lipinski definition) is 1. The van der Waals surface area contributed by atoms with Gasteiger partial charge >= 0.3 is 0 Å². The molecule has 8 heavy (non-hydrogen) atoms. The maximum absolute atomic E-state index is 8.67. The summed E-state index contributed by atoms with van der Waals surface area (Å²) in [6, 6.07) is 0. The van der Waals surface area contributed by atoms with Crippen LogP contribution in [0.2, 0.25) is 5.54 Å². The first-order chi connectivity index (χ1) is 3.81. The van der Waals surface area contributed by atoms with Crippen molar-refractivity contribution in [2.75, 3.05) is 0 Å². The van der Waals surface area contributed by atoms with Gasteiger partial charge in [0.25, 0.3) is 0 Å². The Morgan fingerprint density at radius 3 is 1.88 bits per heavy atom. The van der Waals surface area contributed by atoms with Crippen molar-refractivity contribution >= 4 is 28.5 Å². The lowest BCUT2D eigenvalue weighted by Gasteiger charge is -2.18. The van der Waals surface area contributed by atoms with Crippen molar-refractivity contribution in [3.05, 3.63) is 0 Å². The highest BCUT2D eigenvalue weighted by atomic mass is 32.1. The molecule has 1 aliphatic rings. The Morgan fingerprint density at radius 2 is 1.88 bits per heavy atom. The Hall–Kier alpha value is 0.237. The molecular formula is C5H9OSSi. The van der Waals surface area contributed by atoms with Gasteiger partial charge in [-0.2, -0.15) is 0 Å². The monoisotopic (exact) mass is 145 g/mol. The maximum Gasteiger partial charge on any atom is 0.173 e. The highest BCUT2D eigenvalue weighted by Crippen LogP contribution is 2.27.